The van der Waals surface area contributed by atoms with Gasteiger partial charge in [0.2, 0.25) is 0 Å². The smallest absolute Gasteiger partial charge is 0.261 e. The Morgan fingerprint density at radius 2 is 2.05 bits per heavy atom. The fourth-order valence-corrected chi connectivity index (χ4v) is 3.52. The quantitative estimate of drug-likeness (QED) is 0.889. The SMILES string of the molecule is O=C(NC1CCCOC1)c1ccc(-c2ccc(Br)cc2)s1. The summed E-state index contributed by atoms with van der Waals surface area (Å²) in [5.74, 6) is -0.00105. The van der Waals surface area contributed by atoms with Crippen LogP contribution in [0.4, 0.5) is 0 Å². The molecule has 2 heterocycles. The lowest BCUT2D eigenvalue weighted by Gasteiger charge is -2.22. The number of carbonyl (C=O) groups excluding carboxylic acids is 1. The maximum absolute atomic E-state index is 12.2. The molecule has 1 fully saturated rings. The summed E-state index contributed by atoms with van der Waals surface area (Å²) >= 11 is 4.95. The molecule has 1 atom stereocenters. The van der Waals surface area contributed by atoms with Crippen molar-refractivity contribution >= 4 is 33.2 Å². The Labute approximate surface area is 136 Å². The molecule has 1 aromatic heterocycles. The molecule has 2 aromatic rings. The van der Waals surface area contributed by atoms with Crippen LogP contribution in [-0.4, -0.2) is 25.2 Å². The van der Waals surface area contributed by atoms with E-state index in [4.69, 9.17) is 4.74 Å². The van der Waals surface area contributed by atoms with Gasteiger partial charge in [0.25, 0.3) is 5.91 Å². The van der Waals surface area contributed by atoms with Crippen molar-refractivity contribution < 1.29 is 9.53 Å². The zero-order chi connectivity index (χ0) is 14.7. The van der Waals surface area contributed by atoms with Gasteiger partial charge < -0.3 is 10.1 Å². The van der Waals surface area contributed by atoms with Crippen LogP contribution in [0.15, 0.2) is 40.9 Å². The second kappa shape index (κ2) is 6.73. The minimum atomic E-state index is -0.00105. The third-order valence-corrected chi connectivity index (χ3v) is 5.12. The van der Waals surface area contributed by atoms with Crippen molar-refractivity contribution in [1.82, 2.24) is 5.32 Å². The van der Waals surface area contributed by atoms with Gasteiger partial charge in [-0.1, -0.05) is 28.1 Å². The highest BCUT2D eigenvalue weighted by Crippen LogP contribution is 2.29. The fourth-order valence-electron chi connectivity index (χ4n) is 2.34. The van der Waals surface area contributed by atoms with E-state index in [9.17, 15) is 4.79 Å². The average molecular weight is 366 g/mol. The Balaban J connectivity index is 1.69. The van der Waals surface area contributed by atoms with Gasteiger partial charge >= 0.3 is 0 Å². The Kier molecular flexibility index (Phi) is 4.73. The topological polar surface area (TPSA) is 38.3 Å². The molecule has 1 aromatic carbocycles. The summed E-state index contributed by atoms with van der Waals surface area (Å²) in [6, 6.07) is 12.1. The Hall–Kier alpha value is -1.17. The maximum Gasteiger partial charge on any atom is 0.261 e. The molecule has 0 bridgehead atoms. The molecule has 0 radical (unpaired) electrons. The van der Waals surface area contributed by atoms with E-state index >= 15 is 0 Å². The second-order valence-corrected chi connectivity index (χ2v) is 7.06. The van der Waals surface area contributed by atoms with Crippen LogP contribution in [-0.2, 0) is 4.74 Å². The van der Waals surface area contributed by atoms with Crippen molar-refractivity contribution in [3.05, 3.63) is 45.7 Å². The molecule has 0 aliphatic carbocycles. The van der Waals surface area contributed by atoms with Crippen LogP contribution in [0.25, 0.3) is 10.4 Å². The number of ether oxygens (including phenoxy) is 1. The third-order valence-electron chi connectivity index (χ3n) is 3.45. The largest absolute Gasteiger partial charge is 0.379 e. The van der Waals surface area contributed by atoms with Gasteiger partial charge in [0.1, 0.15) is 0 Å². The lowest BCUT2D eigenvalue weighted by Crippen LogP contribution is -2.40. The zero-order valence-electron chi connectivity index (χ0n) is 11.5. The number of amides is 1. The first kappa shape index (κ1) is 14.8. The van der Waals surface area contributed by atoms with Crippen molar-refractivity contribution in [2.24, 2.45) is 0 Å². The molecule has 3 rings (SSSR count). The normalized spacial score (nSPS) is 18.4. The molecule has 0 saturated carbocycles. The number of nitrogens with one attached hydrogen (secondary N) is 1. The first-order chi connectivity index (χ1) is 10.2. The van der Waals surface area contributed by atoms with E-state index in [0.717, 1.165) is 39.2 Å². The van der Waals surface area contributed by atoms with Gasteiger partial charge in [-0.2, -0.15) is 0 Å². The highest BCUT2D eigenvalue weighted by atomic mass is 79.9. The molecular formula is C16H16BrNO2S. The van der Waals surface area contributed by atoms with E-state index < -0.39 is 0 Å². The first-order valence-corrected chi connectivity index (χ1v) is 8.58. The molecule has 1 saturated heterocycles. The van der Waals surface area contributed by atoms with E-state index in [2.05, 4.69) is 21.2 Å². The van der Waals surface area contributed by atoms with Gasteiger partial charge in [-0.05, 0) is 42.7 Å². The van der Waals surface area contributed by atoms with E-state index in [1.54, 1.807) is 0 Å². The van der Waals surface area contributed by atoms with Crippen LogP contribution >= 0.6 is 27.3 Å². The molecule has 1 N–H and O–H groups in total. The van der Waals surface area contributed by atoms with Gasteiger partial charge in [0.15, 0.2) is 0 Å². The van der Waals surface area contributed by atoms with Crippen molar-refractivity contribution in [3.8, 4) is 10.4 Å². The van der Waals surface area contributed by atoms with E-state index in [0.29, 0.717) is 6.61 Å². The van der Waals surface area contributed by atoms with E-state index in [1.165, 1.54) is 11.3 Å². The van der Waals surface area contributed by atoms with Crippen LogP contribution in [0.1, 0.15) is 22.5 Å². The Morgan fingerprint density at radius 1 is 1.24 bits per heavy atom. The van der Waals surface area contributed by atoms with Gasteiger partial charge in [-0.3, -0.25) is 4.79 Å². The second-order valence-electron chi connectivity index (χ2n) is 5.06. The number of halogens is 1. The summed E-state index contributed by atoms with van der Waals surface area (Å²) in [6.07, 6.45) is 2.01. The van der Waals surface area contributed by atoms with Crippen molar-refractivity contribution in [1.29, 1.82) is 0 Å². The first-order valence-electron chi connectivity index (χ1n) is 6.97. The van der Waals surface area contributed by atoms with Gasteiger partial charge in [0, 0.05) is 16.0 Å². The number of rotatable bonds is 3. The molecule has 1 aliphatic rings. The van der Waals surface area contributed by atoms with Crippen molar-refractivity contribution in [2.75, 3.05) is 13.2 Å². The lowest BCUT2D eigenvalue weighted by atomic mass is 10.1. The molecule has 1 aliphatic heterocycles. The predicted octanol–water partition coefficient (Wildman–Crippen LogP) is 4.09. The zero-order valence-corrected chi connectivity index (χ0v) is 13.9. The van der Waals surface area contributed by atoms with Crippen molar-refractivity contribution in [3.63, 3.8) is 0 Å². The molecule has 1 unspecified atom stereocenters. The molecule has 0 spiro atoms. The van der Waals surface area contributed by atoms with E-state index in [1.807, 2.05) is 36.4 Å². The van der Waals surface area contributed by atoms with Crippen molar-refractivity contribution in [2.45, 2.75) is 18.9 Å². The molecule has 1 amide bonds. The minimum Gasteiger partial charge on any atom is -0.379 e. The monoisotopic (exact) mass is 365 g/mol. The fraction of sp³-hybridized carbons (Fsp3) is 0.312. The number of hydrogen-bond acceptors (Lipinski definition) is 3. The summed E-state index contributed by atoms with van der Waals surface area (Å²) in [7, 11) is 0. The molecular weight excluding hydrogens is 350 g/mol. The highest BCUT2D eigenvalue weighted by molar-refractivity contribution is 9.10. The lowest BCUT2D eigenvalue weighted by molar-refractivity contribution is 0.0626. The summed E-state index contributed by atoms with van der Waals surface area (Å²) < 4.78 is 6.44. The molecule has 21 heavy (non-hydrogen) atoms. The predicted molar refractivity (Wildman–Crippen MR) is 88.8 cm³/mol. The molecule has 3 nitrogen and oxygen atoms in total. The Morgan fingerprint density at radius 3 is 2.76 bits per heavy atom. The van der Waals surface area contributed by atoms with Gasteiger partial charge in [0.05, 0.1) is 17.5 Å². The number of benzene rings is 1. The minimum absolute atomic E-state index is 0.00105. The summed E-state index contributed by atoms with van der Waals surface area (Å²) in [5.41, 5.74) is 1.13. The van der Waals surface area contributed by atoms with Gasteiger partial charge in [-0.15, -0.1) is 11.3 Å². The summed E-state index contributed by atoms with van der Waals surface area (Å²) in [6.45, 7) is 1.43. The summed E-state index contributed by atoms with van der Waals surface area (Å²) in [5, 5.41) is 3.05. The number of hydrogen-bond donors (Lipinski definition) is 1. The Bertz CT molecular complexity index is 617. The van der Waals surface area contributed by atoms with E-state index in [-0.39, 0.29) is 11.9 Å². The number of thiophene rings is 1. The third kappa shape index (κ3) is 3.73. The average Bonchev–Trinajstić information content (AvgIpc) is 2.99. The standard InChI is InChI=1S/C16H16BrNO2S/c17-12-5-3-11(4-6-12)14-7-8-15(21-14)16(19)18-13-2-1-9-20-10-13/h3-8,13H,1-2,9-10H2,(H,18,19). The number of carbonyl (C=O) groups is 1. The summed E-state index contributed by atoms with van der Waals surface area (Å²) in [4.78, 5) is 14.1. The van der Waals surface area contributed by atoms with Crippen LogP contribution in [0.2, 0.25) is 0 Å². The van der Waals surface area contributed by atoms with Crippen LogP contribution < -0.4 is 5.32 Å². The maximum atomic E-state index is 12.2. The van der Waals surface area contributed by atoms with Crippen LogP contribution in [0.5, 0.6) is 0 Å². The molecule has 5 heteroatoms. The highest BCUT2D eigenvalue weighted by Gasteiger charge is 2.18. The van der Waals surface area contributed by atoms with Crippen LogP contribution in [0, 0.1) is 0 Å². The van der Waals surface area contributed by atoms with Crippen LogP contribution in [0.3, 0.4) is 0 Å². The van der Waals surface area contributed by atoms with Gasteiger partial charge in [-0.25, -0.2) is 0 Å². The molecule has 110 valence electrons.